The fourth-order valence-corrected chi connectivity index (χ4v) is 6.95. The number of aliphatic hydroxyl groups is 1. The highest BCUT2D eigenvalue weighted by atomic mass is 19.1. The van der Waals surface area contributed by atoms with Crippen LogP contribution >= 0.6 is 0 Å². The number of likely N-dealkylation sites (tertiary alicyclic amines) is 1. The average Bonchev–Trinajstić information content (AvgIpc) is 3.32. The van der Waals surface area contributed by atoms with E-state index >= 15 is 0 Å². The number of fused-ring (bicyclic) bond motifs is 1. The molecule has 1 amide bonds. The van der Waals surface area contributed by atoms with Crippen LogP contribution in [0, 0.1) is 17.7 Å². The quantitative estimate of drug-likeness (QED) is 0.359. The SMILES string of the molecule is Cn1c(-c2nc(Nc3ccc(N4CCC(CC5CCN(CC(C)(C)O)CC5)CC4)cn3)ncc2F)cc2c1CCNC2=O. The molecule has 0 radical (unpaired) electrons. The van der Waals surface area contributed by atoms with E-state index < -0.39 is 11.4 Å². The smallest absolute Gasteiger partial charge is 0.253 e. The summed E-state index contributed by atoms with van der Waals surface area (Å²) in [6, 6.07) is 5.65. The van der Waals surface area contributed by atoms with E-state index in [2.05, 4.69) is 41.5 Å². The van der Waals surface area contributed by atoms with Crippen LogP contribution < -0.4 is 15.5 Å². The number of aromatic nitrogens is 4. The molecule has 6 rings (SSSR count). The molecule has 0 atom stereocenters. The Kier molecular flexibility index (Phi) is 8.37. The number of anilines is 3. The lowest BCUT2D eigenvalue weighted by Gasteiger charge is -2.38. The van der Waals surface area contributed by atoms with Gasteiger partial charge in [-0.15, -0.1) is 0 Å². The number of carbonyl (C=O) groups excluding carboxylic acids is 1. The third kappa shape index (κ3) is 6.83. The maximum absolute atomic E-state index is 14.8. The van der Waals surface area contributed by atoms with Gasteiger partial charge in [0.25, 0.3) is 5.91 Å². The number of amides is 1. The fraction of sp³-hybridized carbons (Fsp3) is 0.562. The molecular formula is C32H43FN8O2. The maximum Gasteiger partial charge on any atom is 0.253 e. The van der Waals surface area contributed by atoms with Crippen LogP contribution in [0.1, 0.15) is 62.0 Å². The summed E-state index contributed by atoms with van der Waals surface area (Å²) in [4.78, 5) is 30.2. The normalized spacial score (nSPS) is 18.9. The summed E-state index contributed by atoms with van der Waals surface area (Å²) in [5.74, 6) is 1.69. The number of carbonyl (C=O) groups is 1. The van der Waals surface area contributed by atoms with E-state index in [1.165, 1.54) is 32.1 Å². The summed E-state index contributed by atoms with van der Waals surface area (Å²) in [5.41, 5.74) is 2.58. The zero-order valence-electron chi connectivity index (χ0n) is 25.4. The summed E-state index contributed by atoms with van der Waals surface area (Å²) in [6.45, 7) is 9.35. The van der Waals surface area contributed by atoms with Gasteiger partial charge in [0.15, 0.2) is 5.82 Å². The number of piperidine rings is 2. The lowest BCUT2D eigenvalue weighted by atomic mass is 9.82. The molecule has 3 aromatic rings. The molecule has 2 fully saturated rings. The minimum absolute atomic E-state index is 0.140. The van der Waals surface area contributed by atoms with Crippen LogP contribution in [-0.4, -0.2) is 80.3 Å². The van der Waals surface area contributed by atoms with Crippen LogP contribution in [0.5, 0.6) is 0 Å². The van der Waals surface area contributed by atoms with Crippen LogP contribution in [0.25, 0.3) is 11.4 Å². The van der Waals surface area contributed by atoms with Crippen LogP contribution in [0.3, 0.4) is 0 Å². The molecule has 0 aliphatic carbocycles. The van der Waals surface area contributed by atoms with Gasteiger partial charge in [-0.2, -0.15) is 0 Å². The van der Waals surface area contributed by atoms with Crippen LogP contribution in [0.15, 0.2) is 30.6 Å². The number of hydrogen-bond donors (Lipinski definition) is 3. The van der Waals surface area contributed by atoms with E-state index in [1.54, 1.807) is 6.07 Å². The lowest BCUT2D eigenvalue weighted by Crippen LogP contribution is -2.43. The van der Waals surface area contributed by atoms with Crippen LogP contribution in [0.4, 0.5) is 21.8 Å². The minimum atomic E-state index is -0.620. The lowest BCUT2D eigenvalue weighted by molar-refractivity contribution is 0.0226. The first-order chi connectivity index (χ1) is 20.6. The minimum Gasteiger partial charge on any atom is -0.389 e. The number of β-amino-alcohol motifs (C(OH)–C–C–N with tert-alkyl or cyclic N) is 1. The largest absolute Gasteiger partial charge is 0.389 e. The van der Waals surface area contributed by atoms with Gasteiger partial charge in [0, 0.05) is 45.3 Å². The third-order valence-corrected chi connectivity index (χ3v) is 9.19. The molecule has 2 saturated heterocycles. The van der Waals surface area contributed by atoms with E-state index in [0.29, 0.717) is 30.0 Å². The van der Waals surface area contributed by atoms with Crippen LogP contribution in [-0.2, 0) is 13.5 Å². The van der Waals surface area contributed by atoms with E-state index in [0.717, 1.165) is 62.1 Å². The zero-order valence-corrected chi connectivity index (χ0v) is 25.4. The first kappa shape index (κ1) is 29.5. The highest BCUT2D eigenvalue weighted by Crippen LogP contribution is 2.32. The molecule has 230 valence electrons. The van der Waals surface area contributed by atoms with E-state index in [4.69, 9.17) is 0 Å². The van der Waals surface area contributed by atoms with Crippen molar-refractivity contribution in [3.8, 4) is 11.4 Å². The third-order valence-electron chi connectivity index (χ3n) is 9.19. The van der Waals surface area contributed by atoms with Crippen molar-refractivity contribution in [1.29, 1.82) is 0 Å². The van der Waals surface area contributed by atoms with Gasteiger partial charge in [0.2, 0.25) is 5.95 Å². The molecule has 3 aliphatic heterocycles. The Hall–Kier alpha value is -3.57. The molecule has 6 heterocycles. The van der Waals surface area contributed by atoms with Crippen LogP contribution in [0.2, 0.25) is 0 Å². The summed E-state index contributed by atoms with van der Waals surface area (Å²) in [7, 11) is 1.83. The predicted molar refractivity (Wildman–Crippen MR) is 165 cm³/mol. The van der Waals surface area contributed by atoms with Crippen molar-refractivity contribution >= 4 is 23.4 Å². The van der Waals surface area contributed by atoms with Gasteiger partial charge in [-0.05, 0) is 89.1 Å². The van der Waals surface area contributed by atoms with Gasteiger partial charge < -0.3 is 30.1 Å². The van der Waals surface area contributed by atoms with Crippen molar-refractivity contribution in [1.82, 2.24) is 29.7 Å². The molecule has 3 aliphatic rings. The Morgan fingerprint density at radius 2 is 1.79 bits per heavy atom. The molecule has 0 spiro atoms. The van der Waals surface area contributed by atoms with Gasteiger partial charge in [-0.25, -0.2) is 19.3 Å². The fourth-order valence-electron chi connectivity index (χ4n) is 6.95. The number of rotatable bonds is 8. The molecule has 0 bridgehead atoms. The highest BCUT2D eigenvalue weighted by Gasteiger charge is 2.28. The van der Waals surface area contributed by atoms with E-state index in [-0.39, 0.29) is 17.5 Å². The Labute approximate surface area is 252 Å². The van der Waals surface area contributed by atoms with Gasteiger partial charge >= 0.3 is 0 Å². The average molecular weight is 591 g/mol. The predicted octanol–water partition coefficient (Wildman–Crippen LogP) is 4.14. The molecule has 0 unspecified atom stereocenters. The highest BCUT2D eigenvalue weighted by molar-refractivity contribution is 5.97. The molecule has 3 aromatic heterocycles. The summed E-state index contributed by atoms with van der Waals surface area (Å²) in [6.07, 6.45) is 9.87. The molecule has 10 nitrogen and oxygen atoms in total. The number of hydrogen-bond acceptors (Lipinski definition) is 8. The number of nitrogens with one attached hydrogen (secondary N) is 2. The molecule has 11 heteroatoms. The van der Waals surface area contributed by atoms with Crippen molar-refractivity contribution in [2.75, 3.05) is 49.5 Å². The molecule has 3 N–H and O–H groups in total. The standard InChI is InChI=1S/C32H43FN8O2/c1-32(2,43)20-40-12-7-21(8-13-40)16-22-9-14-41(15-10-22)23-4-5-28(35-18-23)37-31-36-19-25(33)29(38-31)27-17-24-26(39(27)3)6-11-34-30(24)42/h4-5,17-19,21-22,43H,6-16,20H2,1-3H3,(H,34,42)(H,35,36,37,38). The monoisotopic (exact) mass is 590 g/mol. The Morgan fingerprint density at radius 1 is 1.07 bits per heavy atom. The number of nitrogens with zero attached hydrogens (tertiary/aromatic N) is 6. The molecule has 43 heavy (non-hydrogen) atoms. The number of halogens is 1. The summed E-state index contributed by atoms with van der Waals surface area (Å²) < 4.78 is 16.7. The topological polar surface area (TPSA) is 111 Å². The van der Waals surface area contributed by atoms with E-state index in [1.807, 2.05) is 37.7 Å². The van der Waals surface area contributed by atoms with Crippen molar-refractivity contribution in [2.45, 2.75) is 58.0 Å². The van der Waals surface area contributed by atoms with Crippen molar-refractivity contribution in [3.05, 3.63) is 47.7 Å². The number of pyridine rings is 1. The van der Waals surface area contributed by atoms with Crippen molar-refractivity contribution in [3.63, 3.8) is 0 Å². The van der Waals surface area contributed by atoms with Gasteiger partial charge in [0.05, 0.1) is 34.9 Å². The Morgan fingerprint density at radius 3 is 2.44 bits per heavy atom. The molecule has 0 aromatic carbocycles. The Bertz CT molecular complexity index is 1430. The summed E-state index contributed by atoms with van der Waals surface area (Å²) >= 11 is 0. The van der Waals surface area contributed by atoms with Gasteiger partial charge in [-0.1, -0.05) is 0 Å². The Balaban J connectivity index is 1.02. The molecule has 0 saturated carbocycles. The molecular weight excluding hydrogens is 547 g/mol. The second kappa shape index (κ2) is 12.2. The first-order valence-electron chi connectivity index (χ1n) is 15.6. The van der Waals surface area contributed by atoms with Gasteiger partial charge in [0.1, 0.15) is 11.5 Å². The summed E-state index contributed by atoms with van der Waals surface area (Å²) in [5, 5.41) is 16.0. The zero-order chi connectivity index (χ0) is 30.1. The maximum atomic E-state index is 14.8. The van der Waals surface area contributed by atoms with Crippen molar-refractivity contribution in [2.24, 2.45) is 18.9 Å². The van der Waals surface area contributed by atoms with E-state index in [9.17, 15) is 14.3 Å². The van der Waals surface area contributed by atoms with Crippen molar-refractivity contribution < 1.29 is 14.3 Å². The second-order valence-electron chi connectivity index (χ2n) is 13.1. The second-order valence-corrected chi connectivity index (χ2v) is 13.1. The first-order valence-corrected chi connectivity index (χ1v) is 15.6. The van der Waals surface area contributed by atoms with Gasteiger partial charge in [-0.3, -0.25) is 4.79 Å².